The molecule has 2 aromatic rings. The molecular weight excluding hydrogens is 368 g/mol. The average molecular weight is 392 g/mol. The van der Waals surface area contributed by atoms with E-state index in [9.17, 15) is 9.59 Å². The van der Waals surface area contributed by atoms with Crippen molar-refractivity contribution in [3.63, 3.8) is 0 Å². The number of nitrogens with zero attached hydrogens (tertiary/aromatic N) is 2. The van der Waals surface area contributed by atoms with Gasteiger partial charge in [0, 0.05) is 6.42 Å². The van der Waals surface area contributed by atoms with Crippen molar-refractivity contribution in [2.45, 2.75) is 25.8 Å². The van der Waals surface area contributed by atoms with E-state index in [2.05, 4.69) is 5.10 Å². The summed E-state index contributed by atoms with van der Waals surface area (Å²) in [6.45, 7) is 1.71. The molecule has 2 aromatic carbocycles. The number of rotatable bonds is 6. The zero-order valence-corrected chi connectivity index (χ0v) is 16.6. The maximum absolute atomic E-state index is 12.9. The van der Waals surface area contributed by atoms with Crippen LogP contribution in [0.25, 0.3) is 0 Å². The van der Waals surface area contributed by atoms with Crippen molar-refractivity contribution < 1.29 is 19.1 Å². The first-order chi connectivity index (χ1) is 14.1. The molecule has 4 rings (SSSR count). The van der Waals surface area contributed by atoms with Gasteiger partial charge in [0.2, 0.25) is 0 Å². The molecule has 1 aliphatic carbocycles. The maximum atomic E-state index is 12.9. The minimum absolute atomic E-state index is 0.0675. The molecule has 6 heteroatoms. The molecule has 29 heavy (non-hydrogen) atoms. The Kier molecular flexibility index (Phi) is 5.34. The van der Waals surface area contributed by atoms with Crippen LogP contribution in [0.5, 0.6) is 5.75 Å². The summed E-state index contributed by atoms with van der Waals surface area (Å²) < 4.78 is 10.5. The summed E-state index contributed by atoms with van der Waals surface area (Å²) in [4.78, 5) is 24.9. The van der Waals surface area contributed by atoms with Gasteiger partial charge in [-0.25, -0.2) is 5.01 Å². The van der Waals surface area contributed by atoms with Gasteiger partial charge in [-0.1, -0.05) is 49.4 Å². The molecule has 150 valence electrons. The van der Waals surface area contributed by atoms with E-state index in [0.29, 0.717) is 12.3 Å². The van der Waals surface area contributed by atoms with Gasteiger partial charge in [-0.3, -0.25) is 9.59 Å². The largest absolute Gasteiger partial charge is 0.497 e. The van der Waals surface area contributed by atoms with Crippen LogP contribution in [0.2, 0.25) is 0 Å². The average Bonchev–Trinajstić information content (AvgIpc) is 3.33. The maximum Gasteiger partial charge on any atom is 0.309 e. The lowest BCUT2D eigenvalue weighted by Crippen LogP contribution is -2.31. The first-order valence-electron chi connectivity index (χ1n) is 9.82. The number of hydrazone groups is 1. The van der Waals surface area contributed by atoms with Gasteiger partial charge in [0.25, 0.3) is 5.91 Å². The van der Waals surface area contributed by atoms with Crippen LogP contribution in [0.3, 0.4) is 0 Å². The topological polar surface area (TPSA) is 68.2 Å². The van der Waals surface area contributed by atoms with Gasteiger partial charge in [-0.15, -0.1) is 0 Å². The van der Waals surface area contributed by atoms with Crippen molar-refractivity contribution in [1.82, 2.24) is 5.01 Å². The number of esters is 1. The fourth-order valence-corrected chi connectivity index (χ4v) is 3.59. The second-order valence-corrected chi connectivity index (χ2v) is 7.57. The third kappa shape index (κ3) is 4.16. The Bertz CT molecular complexity index is 924. The SMILES string of the molecule is COc1ccc([C@@H]2CC(c3ccccc3)=NN2C(=O)COC(=O)[C@H]2C[C@H]2C)cc1. The highest BCUT2D eigenvalue weighted by Crippen LogP contribution is 2.39. The molecule has 0 bridgehead atoms. The molecule has 0 saturated heterocycles. The molecule has 1 aliphatic heterocycles. The van der Waals surface area contributed by atoms with Crippen molar-refractivity contribution in [3.8, 4) is 5.75 Å². The van der Waals surface area contributed by atoms with Gasteiger partial charge in [-0.2, -0.15) is 5.10 Å². The van der Waals surface area contributed by atoms with Crippen LogP contribution in [-0.2, 0) is 14.3 Å². The van der Waals surface area contributed by atoms with Crippen LogP contribution in [0.15, 0.2) is 59.7 Å². The van der Waals surface area contributed by atoms with E-state index in [1.165, 1.54) is 5.01 Å². The molecule has 1 saturated carbocycles. The Morgan fingerprint density at radius 1 is 1.10 bits per heavy atom. The number of carbonyl (C=O) groups excluding carboxylic acids is 2. The Balaban J connectivity index is 1.53. The Morgan fingerprint density at radius 3 is 2.41 bits per heavy atom. The molecule has 0 aromatic heterocycles. The highest BCUT2D eigenvalue weighted by atomic mass is 16.5. The number of benzene rings is 2. The van der Waals surface area contributed by atoms with Crippen LogP contribution in [-0.4, -0.2) is 36.3 Å². The fourth-order valence-electron chi connectivity index (χ4n) is 3.59. The highest BCUT2D eigenvalue weighted by Gasteiger charge is 2.41. The van der Waals surface area contributed by atoms with Crippen LogP contribution in [0, 0.1) is 11.8 Å². The first kappa shape index (κ1) is 19.2. The molecular formula is C23H24N2O4. The van der Waals surface area contributed by atoms with E-state index in [1.54, 1.807) is 7.11 Å². The molecule has 3 atom stereocenters. The van der Waals surface area contributed by atoms with Gasteiger partial charge in [0.05, 0.1) is 24.8 Å². The summed E-state index contributed by atoms with van der Waals surface area (Å²) in [5.74, 6) is 0.416. The molecule has 0 N–H and O–H groups in total. The molecule has 6 nitrogen and oxygen atoms in total. The number of ether oxygens (including phenoxy) is 2. The molecule has 1 fully saturated rings. The zero-order chi connectivity index (χ0) is 20.4. The summed E-state index contributed by atoms with van der Waals surface area (Å²) in [5, 5.41) is 6.04. The van der Waals surface area contributed by atoms with Crippen LogP contribution >= 0.6 is 0 Å². The van der Waals surface area contributed by atoms with E-state index in [4.69, 9.17) is 9.47 Å². The minimum Gasteiger partial charge on any atom is -0.497 e. The molecule has 1 heterocycles. The smallest absolute Gasteiger partial charge is 0.309 e. The van der Waals surface area contributed by atoms with E-state index in [-0.39, 0.29) is 30.4 Å². The Morgan fingerprint density at radius 2 is 1.79 bits per heavy atom. The number of carbonyl (C=O) groups is 2. The predicted octanol–water partition coefficient (Wildman–Crippen LogP) is 3.57. The monoisotopic (exact) mass is 392 g/mol. The molecule has 1 amide bonds. The minimum atomic E-state index is -0.321. The fraction of sp³-hybridized carbons (Fsp3) is 0.348. The second-order valence-electron chi connectivity index (χ2n) is 7.57. The number of hydrogen-bond acceptors (Lipinski definition) is 5. The van der Waals surface area contributed by atoms with Crippen LogP contribution in [0.1, 0.15) is 36.9 Å². The Hall–Kier alpha value is -3.15. The normalized spacial score (nSPS) is 22.8. The lowest BCUT2D eigenvalue weighted by molar-refractivity contribution is -0.154. The first-order valence-corrected chi connectivity index (χ1v) is 9.82. The number of methoxy groups -OCH3 is 1. The standard InChI is InChI=1S/C23H24N2O4/c1-15-12-19(15)23(27)29-14-22(26)25-21(17-8-10-18(28-2)11-9-17)13-20(24-25)16-6-4-3-5-7-16/h3-11,15,19,21H,12-14H2,1-2H3/t15-,19+,21+/m1/s1. The van der Waals surface area contributed by atoms with Crippen molar-refractivity contribution in [1.29, 1.82) is 0 Å². The van der Waals surface area contributed by atoms with E-state index in [1.807, 2.05) is 61.5 Å². The summed E-state index contributed by atoms with van der Waals surface area (Å²) in [6, 6.07) is 17.2. The summed E-state index contributed by atoms with van der Waals surface area (Å²) in [6.07, 6.45) is 1.43. The lowest BCUT2D eigenvalue weighted by Gasteiger charge is -2.22. The van der Waals surface area contributed by atoms with E-state index in [0.717, 1.165) is 29.0 Å². The van der Waals surface area contributed by atoms with Gasteiger partial charge in [0.1, 0.15) is 5.75 Å². The lowest BCUT2D eigenvalue weighted by atomic mass is 9.98. The van der Waals surface area contributed by atoms with Crippen molar-refractivity contribution >= 4 is 17.6 Å². The van der Waals surface area contributed by atoms with E-state index < -0.39 is 0 Å². The molecule has 2 aliphatic rings. The number of hydrogen-bond donors (Lipinski definition) is 0. The van der Waals surface area contributed by atoms with Gasteiger partial charge in [-0.05, 0) is 35.6 Å². The van der Waals surface area contributed by atoms with E-state index >= 15 is 0 Å². The van der Waals surface area contributed by atoms with Crippen LogP contribution < -0.4 is 4.74 Å². The third-order valence-electron chi connectivity index (χ3n) is 5.52. The highest BCUT2D eigenvalue weighted by molar-refractivity contribution is 6.03. The van der Waals surface area contributed by atoms with Crippen molar-refractivity contribution in [2.75, 3.05) is 13.7 Å². The molecule has 0 radical (unpaired) electrons. The van der Waals surface area contributed by atoms with Crippen LogP contribution in [0.4, 0.5) is 0 Å². The summed E-state index contributed by atoms with van der Waals surface area (Å²) in [5.41, 5.74) is 2.77. The summed E-state index contributed by atoms with van der Waals surface area (Å²) in [7, 11) is 1.62. The van der Waals surface area contributed by atoms with Gasteiger partial charge >= 0.3 is 5.97 Å². The predicted molar refractivity (Wildman–Crippen MR) is 108 cm³/mol. The van der Waals surface area contributed by atoms with Crippen molar-refractivity contribution in [2.24, 2.45) is 16.9 Å². The number of amides is 1. The van der Waals surface area contributed by atoms with Crippen molar-refractivity contribution in [3.05, 3.63) is 65.7 Å². The second kappa shape index (κ2) is 8.07. The van der Waals surface area contributed by atoms with Gasteiger partial charge in [0.15, 0.2) is 6.61 Å². The Labute approximate surface area is 170 Å². The quantitative estimate of drug-likeness (QED) is 0.705. The third-order valence-corrected chi connectivity index (χ3v) is 5.52. The zero-order valence-electron chi connectivity index (χ0n) is 16.6. The van der Waals surface area contributed by atoms with Gasteiger partial charge < -0.3 is 9.47 Å². The molecule has 0 spiro atoms. The molecule has 0 unspecified atom stereocenters. The summed E-state index contributed by atoms with van der Waals surface area (Å²) >= 11 is 0.